The predicted molar refractivity (Wildman–Crippen MR) is 98.3 cm³/mol. The van der Waals surface area contributed by atoms with Crippen LogP contribution in [0.2, 0.25) is 0 Å². The molecule has 0 saturated carbocycles. The minimum atomic E-state index is -3.71. The average Bonchev–Trinajstić information content (AvgIpc) is 3.15. The van der Waals surface area contributed by atoms with E-state index in [1.807, 2.05) is 0 Å². The van der Waals surface area contributed by atoms with Gasteiger partial charge in [-0.25, -0.2) is 18.1 Å². The van der Waals surface area contributed by atoms with Crippen LogP contribution >= 0.6 is 11.3 Å². The summed E-state index contributed by atoms with van der Waals surface area (Å²) in [4.78, 5) is 32.5. The number of amides is 1. The van der Waals surface area contributed by atoms with Crippen LogP contribution in [-0.2, 0) is 21.4 Å². The number of hydrogen-bond acceptors (Lipinski definition) is 6. The summed E-state index contributed by atoms with van der Waals surface area (Å²) in [5.41, 5.74) is 0.246. The number of H-pyrrole nitrogens is 1. The highest BCUT2D eigenvalue weighted by molar-refractivity contribution is 7.91. The van der Waals surface area contributed by atoms with Crippen LogP contribution in [0.15, 0.2) is 50.8 Å². The molecule has 0 radical (unpaired) electrons. The number of benzene rings is 1. The van der Waals surface area contributed by atoms with Crippen LogP contribution in [0.5, 0.6) is 0 Å². The Morgan fingerprint density at radius 1 is 1.27 bits per heavy atom. The summed E-state index contributed by atoms with van der Waals surface area (Å²) in [5, 5.41) is 2.11. The van der Waals surface area contributed by atoms with Crippen molar-refractivity contribution in [2.24, 2.45) is 0 Å². The van der Waals surface area contributed by atoms with Crippen LogP contribution in [0.25, 0.3) is 10.9 Å². The largest absolute Gasteiger partial charge is 0.337 e. The van der Waals surface area contributed by atoms with Gasteiger partial charge in [0.25, 0.3) is 15.6 Å². The van der Waals surface area contributed by atoms with Crippen molar-refractivity contribution in [3.05, 3.63) is 58.0 Å². The summed E-state index contributed by atoms with van der Waals surface area (Å²) in [5.74, 6) is -0.119. The summed E-state index contributed by atoms with van der Waals surface area (Å²) in [6.07, 6.45) is 0. The second-order valence-corrected chi connectivity index (χ2v) is 8.48. The van der Waals surface area contributed by atoms with E-state index in [0.717, 1.165) is 11.3 Å². The molecule has 0 saturated heterocycles. The number of nitrogens with one attached hydrogen (secondary N) is 2. The van der Waals surface area contributed by atoms with Gasteiger partial charge in [-0.3, -0.25) is 9.59 Å². The minimum Gasteiger partial charge on any atom is -0.337 e. The molecule has 0 aliphatic heterocycles. The minimum absolute atomic E-state index is 0.0552. The molecular weight excluding hydrogens is 376 g/mol. The van der Waals surface area contributed by atoms with Crippen molar-refractivity contribution >= 4 is 38.2 Å². The van der Waals surface area contributed by atoms with E-state index in [0.29, 0.717) is 16.7 Å². The summed E-state index contributed by atoms with van der Waals surface area (Å²) in [6.45, 7) is -0.325. The van der Waals surface area contributed by atoms with Crippen LogP contribution in [-0.4, -0.2) is 42.8 Å². The van der Waals surface area contributed by atoms with E-state index >= 15 is 0 Å². The summed E-state index contributed by atoms with van der Waals surface area (Å²) in [6, 6.07) is 9.98. The molecule has 8 nitrogen and oxygen atoms in total. The normalized spacial score (nSPS) is 11.6. The lowest BCUT2D eigenvalue weighted by atomic mass is 10.2. The van der Waals surface area contributed by atoms with Crippen molar-refractivity contribution in [2.45, 2.75) is 10.8 Å². The Morgan fingerprint density at radius 3 is 2.77 bits per heavy atom. The Hall–Kier alpha value is -2.56. The van der Waals surface area contributed by atoms with E-state index in [1.165, 1.54) is 18.0 Å². The lowest BCUT2D eigenvalue weighted by Crippen LogP contribution is -2.38. The average molecular weight is 392 g/mol. The highest BCUT2D eigenvalue weighted by atomic mass is 32.2. The molecule has 0 unspecified atom stereocenters. The molecule has 0 bridgehead atoms. The first-order valence-electron chi connectivity index (χ1n) is 7.62. The van der Waals surface area contributed by atoms with E-state index in [9.17, 15) is 18.0 Å². The number of sulfonamides is 1. The van der Waals surface area contributed by atoms with Crippen molar-refractivity contribution in [3.63, 3.8) is 0 Å². The SMILES string of the molecule is CN(Cc1nc2ccccc2c(=O)[nH]1)C(=O)CNS(=O)(=O)c1cccs1. The number of likely N-dealkylation sites (N-methyl/N-ethyl adjacent to an activating group) is 1. The van der Waals surface area contributed by atoms with E-state index in [4.69, 9.17) is 0 Å². The number of aromatic nitrogens is 2. The quantitative estimate of drug-likeness (QED) is 0.648. The van der Waals surface area contributed by atoms with Crippen molar-refractivity contribution < 1.29 is 13.2 Å². The van der Waals surface area contributed by atoms with Gasteiger partial charge in [0.2, 0.25) is 5.91 Å². The zero-order chi connectivity index (χ0) is 18.7. The molecule has 0 aliphatic carbocycles. The second kappa shape index (κ2) is 7.36. The second-order valence-electron chi connectivity index (χ2n) is 5.54. The monoisotopic (exact) mass is 392 g/mol. The molecule has 2 heterocycles. The van der Waals surface area contributed by atoms with Crippen LogP contribution in [0, 0.1) is 0 Å². The lowest BCUT2D eigenvalue weighted by molar-refractivity contribution is -0.129. The molecule has 0 atom stereocenters. The Balaban J connectivity index is 1.67. The van der Waals surface area contributed by atoms with Crippen molar-refractivity contribution in [3.8, 4) is 0 Å². The Kier molecular flexibility index (Phi) is 5.16. The zero-order valence-electron chi connectivity index (χ0n) is 13.8. The standard InChI is InChI=1S/C16H16N4O4S2/c1-20(14(21)9-17-26(23,24)15-7-4-8-25-15)10-13-18-12-6-3-2-5-11(12)16(22)19-13/h2-8,17H,9-10H2,1H3,(H,18,19,22). The molecule has 2 aromatic heterocycles. The molecule has 0 aliphatic rings. The third-order valence-corrected chi connectivity index (χ3v) is 6.45. The topological polar surface area (TPSA) is 112 Å². The molecule has 26 heavy (non-hydrogen) atoms. The summed E-state index contributed by atoms with van der Waals surface area (Å²) in [7, 11) is -2.20. The number of thiophene rings is 1. The van der Waals surface area contributed by atoms with Gasteiger partial charge in [0.1, 0.15) is 10.0 Å². The van der Waals surface area contributed by atoms with Crippen LogP contribution < -0.4 is 10.3 Å². The van der Waals surface area contributed by atoms with Gasteiger partial charge in [0, 0.05) is 7.05 Å². The van der Waals surface area contributed by atoms with Gasteiger partial charge in [-0.1, -0.05) is 18.2 Å². The third kappa shape index (κ3) is 3.98. The number of nitrogens with zero attached hydrogens (tertiary/aromatic N) is 2. The number of aromatic amines is 1. The molecule has 0 spiro atoms. The molecule has 2 N–H and O–H groups in total. The molecule has 10 heteroatoms. The van der Waals surface area contributed by atoms with Gasteiger partial charge in [0.05, 0.1) is 24.0 Å². The predicted octanol–water partition coefficient (Wildman–Crippen LogP) is 0.922. The first kappa shape index (κ1) is 18.2. The number of rotatable bonds is 6. The van der Waals surface area contributed by atoms with Crippen molar-refractivity contribution in [1.82, 2.24) is 19.6 Å². The molecule has 3 aromatic rings. The fourth-order valence-electron chi connectivity index (χ4n) is 2.30. The molecular formula is C16H16N4O4S2. The fraction of sp³-hybridized carbons (Fsp3) is 0.188. The summed E-state index contributed by atoms with van der Waals surface area (Å²) >= 11 is 1.07. The van der Waals surface area contributed by atoms with E-state index in [1.54, 1.807) is 35.7 Å². The number of para-hydroxylation sites is 1. The molecule has 1 aromatic carbocycles. The van der Waals surface area contributed by atoms with Crippen LogP contribution in [0.1, 0.15) is 5.82 Å². The first-order valence-corrected chi connectivity index (χ1v) is 9.98. The molecule has 1 amide bonds. The number of carbonyl (C=O) groups is 1. The lowest BCUT2D eigenvalue weighted by Gasteiger charge is -2.17. The first-order chi connectivity index (χ1) is 12.4. The van der Waals surface area contributed by atoms with Crippen molar-refractivity contribution in [1.29, 1.82) is 0 Å². The van der Waals surface area contributed by atoms with E-state index in [-0.39, 0.29) is 22.9 Å². The van der Waals surface area contributed by atoms with Gasteiger partial charge in [-0.2, -0.15) is 0 Å². The highest BCUT2D eigenvalue weighted by Gasteiger charge is 2.18. The molecule has 3 rings (SSSR count). The maximum atomic E-state index is 12.2. The van der Waals surface area contributed by atoms with Crippen LogP contribution in [0.4, 0.5) is 0 Å². The number of hydrogen-bond donors (Lipinski definition) is 2. The third-order valence-electron chi connectivity index (χ3n) is 3.65. The van der Waals surface area contributed by atoms with Gasteiger partial charge in [-0.05, 0) is 23.6 Å². The van der Waals surface area contributed by atoms with Crippen molar-refractivity contribution in [2.75, 3.05) is 13.6 Å². The van der Waals surface area contributed by atoms with E-state index < -0.39 is 15.9 Å². The Labute approximate surface area is 153 Å². The maximum absolute atomic E-state index is 12.2. The van der Waals surface area contributed by atoms with Crippen LogP contribution in [0.3, 0.4) is 0 Å². The molecule has 136 valence electrons. The zero-order valence-corrected chi connectivity index (χ0v) is 15.4. The van der Waals surface area contributed by atoms with Gasteiger partial charge >= 0.3 is 0 Å². The fourth-order valence-corrected chi connectivity index (χ4v) is 4.31. The Bertz CT molecular complexity index is 1090. The number of carbonyl (C=O) groups excluding carboxylic acids is 1. The van der Waals surface area contributed by atoms with Gasteiger partial charge in [-0.15, -0.1) is 11.3 Å². The smallest absolute Gasteiger partial charge is 0.258 e. The van der Waals surface area contributed by atoms with Gasteiger partial charge in [0.15, 0.2) is 0 Å². The highest BCUT2D eigenvalue weighted by Crippen LogP contribution is 2.15. The summed E-state index contributed by atoms with van der Waals surface area (Å²) < 4.78 is 26.5. The Morgan fingerprint density at radius 2 is 2.04 bits per heavy atom. The molecule has 0 fully saturated rings. The number of fused-ring (bicyclic) bond motifs is 1. The van der Waals surface area contributed by atoms with E-state index in [2.05, 4.69) is 14.7 Å². The maximum Gasteiger partial charge on any atom is 0.258 e. The van der Waals surface area contributed by atoms with Gasteiger partial charge < -0.3 is 9.88 Å².